The molecule has 0 spiro atoms. The van der Waals surface area contributed by atoms with E-state index in [9.17, 15) is 5.26 Å². The molecular formula is C50H32N4S. The molecule has 10 aromatic rings. The summed E-state index contributed by atoms with van der Waals surface area (Å²) in [6, 6.07) is 55.4. The molecule has 3 heterocycles. The second kappa shape index (κ2) is 12.7. The minimum Gasteiger partial charge on any atom is -0.310 e. The molecule has 0 bridgehead atoms. The van der Waals surface area contributed by atoms with E-state index in [0.29, 0.717) is 16.8 Å². The molecule has 0 unspecified atom stereocenters. The number of aromatic nitrogens is 1. The molecule has 0 aliphatic rings. The van der Waals surface area contributed by atoms with Gasteiger partial charge in [-0.3, -0.25) is 4.40 Å². The molecule has 0 saturated carbocycles. The van der Waals surface area contributed by atoms with Crippen LogP contribution in [0.3, 0.4) is 0 Å². The highest BCUT2D eigenvalue weighted by molar-refractivity contribution is 7.17. The fourth-order valence-corrected chi connectivity index (χ4v) is 9.08. The number of anilines is 3. The van der Waals surface area contributed by atoms with E-state index in [1.165, 1.54) is 48.5 Å². The summed E-state index contributed by atoms with van der Waals surface area (Å²) < 4.78 is 2.41. The molecule has 0 fully saturated rings. The summed E-state index contributed by atoms with van der Waals surface area (Å²) in [6.45, 7) is 12.5. The number of aryl methyl sites for hydroxylation is 2. The third kappa shape index (κ3) is 5.25. The minimum absolute atomic E-state index is 0.446. The van der Waals surface area contributed by atoms with Crippen molar-refractivity contribution in [2.45, 2.75) is 13.8 Å². The maximum Gasteiger partial charge on any atom is 0.196 e. The normalized spacial score (nSPS) is 11.4. The molecule has 7 aromatic carbocycles. The molecule has 0 N–H and O–H groups in total. The van der Waals surface area contributed by atoms with Crippen LogP contribution in [0.15, 0.2) is 157 Å². The lowest BCUT2D eigenvalue weighted by atomic mass is 9.91. The maximum atomic E-state index is 10.6. The summed E-state index contributed by atoms with van der Waals surface area (Å²) in [5.74, 6) is 0. The van der Waals surface area contributed by atoms with E-state index in [4.69, 9.17) is 6.57 Å². The molecular weight excluding hydrogens is 689 g/mol. The number of thiophene rings is 1. The molecule has 0 amide bonds. The van der Waals surface area contributed by atoms with E-state index in [1.54, 1.807) is 11.3 Å². The van der Waals surface area contributed by atoms with E-state index >= 15 is 0 Å². The molecule has 10 rings (SSSR count). The van der Waals surface area contributed by atoms with Crippen LogP contribution < -0.4 is 4.90 Å². The SMILES string of the molecule is [C-]#[N+]c1cc(-c2cccc(-c3cc4c5ccccc5n5c6sccc6c(c3)c45)c2)cc(C#N)c1-c1cccc(N(c2ccc(C)cc2)c2ccc(C)cc2)c1. The molecule has 55 heavy (non-hydrogen) atoms. The predicted molar refractivity (Wildman–Crippen MR) is 230 cm³/mol. The van der Waals surface area contributed by atoms with Crippen molar-refractivity contribution in [3.63, 3.8) is 0 Å². The first-order chi connectivity index (χ1) is 27.0. The summed E-state index contributed by atoms with van der Waals surface area (Å²) >= 11 is 1.78. The van der Waals surface area contributed by atoms with Crippen LogP contribution in [0.5, 0.6) is 0 Å². The average molecular weight is 721 g/mol. The quantitative estimate of drug-likeness (QED) is 0.160. The van der Waals surface area contributed by atoms with Gasteiger partial charge in [-0.2, -0.15) is 5.26 Å². The summed E-state index contributed by atoms with van der Waals surface area (Å²) in [4.78, 5) is 7.50. The van der Waals surface area contributed by atoms with Gasteiger partial charge in [0.15, 0.2) is 5.69 Å². The Morgan fingerprint density at radius 3 is 1.91 bits per heavy atom. The second-order valence-corrected chi connectivity index (χ2v) is 15.1. The molecule has 0 aliphatic heterocycles. The minimum atomic E-state index is 0.446. The first-order valence-electron chi connectivity index (χ1n) is 18.2. The van der Waals surface area contributed by atoms with E-state index in [-0.39, 0.29) is 0 Å². The van der Waals surface area contributed by atoms with Gasteiger partial charge in [-0.15, -0.1) is 11.3 Å². The fourth-order valence-electron chi connectivity index (χ4n) is 8.15. The molecule has 5 heteroatoms. The van der Waals surface area contributed by atoms with Gasteiger partial charge in [-0.25, -0.2) is 4.85 Å². The van der Waals surface area contributed by atoms with Crippen molar-refractivity contribution < 1.29 is 0 Å². The Kier molecular flexibility index (Phi) is 7.52. The van der Waals surface area contributed by atoms with E-state index in [1.807, 2.05) is 24.3 Å². The highest BCUT2D eigenvalue weighted by Gasteiger charge is 2.21. The Labute approximate surface area is 323 Å². The van der Waals surface area contributed by atoms with Gasteiger partial charge in [0.25, 0.3) is 0 Å². The lowest BCUT2D eigenvalue weighted by Crippen LogP contribution is -2.10. The predicted octanol–water partition coefficient (Wildman–Crippen LogP) is 14.4. The number of rotatable bonds is 6. The molecule has 4 nitrogen and oxygen atoms in total. The average Bonchev–Trinajstić information content (AvgIpc) is 3.92. The molecule has 0 atom stereocenters. The Hall–Kier alpha value is -7.18. The number of fused-ring (bicyclic) bond motifs is 6. The Morgan fingerprint density at radius 2 is 1.22 bits per heavy atom. The number of benzene rings is 7. The van der Waals surface area contributed by atoms with Crippen molar-refractivity contribution in [1.82, 2.24) is 4.40 Å². The van der Waals surface area contributed by atoms with Crippen molar-refractivity contribution >= 4 is 71.5 Å². The second-order valence-electron chi connectivity index (χ2n) is 14.2. The van der Waals surface area contributed by atoms with Crippen LogP contribution in [0.4, 0.5) is 22.7 Å². The fraction of sp³-hybridized carbons (Fsp3) is 0.0400. The monoisotopic (exact) mass is 720 g/mol. The van der Waals surface area contributed by atoms with Crippen molar-refractivity contribution in [1.29, 1.82) is 5.26 Å². The van der Waals surface area contributed by atoms with Gasteiger partial charge in [0.05, 0.1) is 23.7 Å². The zero-order valence-corrected chi connectivity index (χ0v) is 31.0. The molecule has 3 aromatic heterocycles. The Balaban J connectivity index is 1.08. The van der Waals surface area contributed by atoms with Crippen molar-refractivity contribution in [2.24, 2.45) is 0 Å². The molecule has 258 valence electrons. The zero-order valence-electron chi connectivity index (χ0n) is 30.2. The van der Waals surface area contributed by atoms with Crippen LogP contribution in [0, 0.1) is 31.8 Å². The standard InChI is InChI=1S/C50H32N4S/c1-31-14-18-39(19-15-31)53(40-20-16-32(2)17-21-40)41-11-7-10-35(26-41)48-38(30-51)25-36(29-46(48)52-3)33-8-6-9-34(24-33)37-27-44-42-12-4-5-13-47(42)54-49(44)45(28-37)43-22-23-55-50(43)54/h4-29H,1-2H3. The number of para-hydroxylation sites is 1. The molecule has 0 aliphatic carbocycles. The van der Waals surface area contributed by atoms with Crippen LogP contribution >= 0.6 is 11.3 Å². The third-order valence-electron chi connectivity index (χ3n) is 10.8. The summed E-state index contributed by atoms with van der Waals surface area (Å²) in [7, 11) is 0. The van der Waals surface area contributed by atoms with Crippen LogP contribution in [0.2, 0.25) is 0 Å². The summed E-state index contributed by atoms with van der Waals surface area (Å²) in [6.07, 6.45) is 0. The Bertz CT molecular complexity index is 3110. The Morgan fingerprint density at radius 1 is 0.582 bits per heavy atom. The van der Waals surface area contributed by atoms with Crippen molar-refractivity contribution in [3.05, 3.63) is 185 Å². The number of nitriles is 1. The van der Waals surface area contributed by atoms with Crippen LogP contribution in [0.1, 0.15) is 16.7 Å². The number of hydrogen-bond acceptors (Lipinski definition) is 3. The smallest absolute Gasteiger partial charge is 0.196 e. The lowest BCUT2D eigenvalue weighted by Gasteiger charge is -2.26. The van der Waals surface area contributed by atoms with Gasteiger partial charge >= 0.3 is 0 Å². The first-order valence-corrected chi connectivity index (χ1v) is 19.1. The van der Waals surface area contributed by atoms with E-state index < -0.39 is 0 Å². The molecule has 0 radical (unpaired) electrons. The lowest BCUT2D eigenvalue weighted by molar-refractivity contribution is 1.27. The van der Waals surface area contributed by atoms with Gasteiger partial charge in [-0.05, 0) is 126 Å². The van der Waals surface area contributed by atoms with Gasteiger partial charge in [0.2, 0.25) is 0 Å². The highest BCUT2D eigenvalue weighted by Crippen LogP contribution is 2.45. The first kappa shape index (κ1) is 32.5. The van der Waals surface area contributed by atoms with Crippen molar-refractivity contribution in [3.8, 4) is 39.4 Å². The topological polar surface area (TPSA) is 35.8 Å². The van der Waals surface area contributed by atoms with Gasteiger partial charge < -0.3 is 4.90 Å². The maximum absolute atomic E-state index is 10.6. The summed E-state index contributed by atoms with van der Waals surface area (Å²) in [5, 5.41) is 17.8. The highest BCUT2D eigenvalue weighted by atomic mass is 32.1. The van der Waals surface area contributed by atoms with E-state index in [2.05, 4.69) is 167 Å². The van der Waals surface area contributed by atoms with Crippen LogP contribution in [-0.2, 0) is 0 Å². The van der Waals surface area contributed by atoms with E-state index in [0.717, 1.165) is 44.9 Å². The summed E-state index contributed by atoms with van der Waals surface area (Å²) in [5.41, 5.74) is 14.3. The van der Waals surface area contributed by atoms with Gasteiger partial charge in [-0.1, -0.05) is 83.9 Å². The third-order valence-corrected chi connectivity index (χ3v) is 11.7. The number of nitrogens with zero attached hydrogens (tertiary/aromatic N) is 4. The number of hydrogen-bond donors (Lipinski definition) is 0. The van der Waals surface area contributed by atoms with Gasteiger partial charge in [0, 0.05) is 49.7 Å². The zero-order chi connectivity index (χ0) is 37.2. The largest absolute Gasteiger partial charge is 0.310 e. The van der Waals surface area contributed by atoms with Crippen LogP contribution in [0.25, 0.3) is 75.6 Å². The van der Waals surface area contributed by atoms with Crippen molar-refractivity contribution in [2.75, 3.05) is 4.90 Å². The van der Waals surface area contributed by atoms with Gasteiger partial charge in [0.1, 0.15) is 4.83 Å². The molecule has 0 saturated heterocycles. The van der Waals surface area contributed by atoms with Crippen LogP contribution in [-0.4, -0.2) is 4.40 Å².